The van der Waals surface area contributed by atoms with Gasteiger partial charge >= 0.3 is 0 Å². The van der Waals surface area contributed by atoms with Crippen molar-refractivity contribution >= 4 is 23.2 Å². The third-order valence-electron chi connectivity index (χ3n) is 8.07. The summed E-state index contributed by atoms with van der Waals surface area (Å²) >= 11 is 0. The Labute approximate surface area is 222 Å². The largest absolute Gasteiger partial charge is 0.377 e. The maximum Gasteiger partial charge on any atom is 0.254 e. The van der Waals surface area contributed by atoms with Gasteiger partial charge in [-0.3, -0.25) is 4.79 Å². The molecule has 0 fully saturated rings. The monoisotopic (exact) mass is 508 g/mol. The van der Waals surface area contributed by atoms with Crippen LogP contribution in [0, 0.1) is 13.8 Å². The summed E-state index contributed by atoms with van der Waals surface area (Å²) in [4.78, 5) is 27.3. The lowest BCUT2D eigenvalue weighted by atomic mass is 9.84. The number of hydrogen-bond donors (Lipinski definition) is 0. The summed E-state index contributed by atoms with van der Waals surface area (Å²) < 4.78 is 7.88. The lowest BCUT2D eigenvalue weighted by molar-refractivity contribution is -0.108. The van der Waals surface area contributed by atoms with Crippen LogP contribution in [-0.2, 0) is 35.6 Å². The first-order valence-corrected chi connectivity index (χ1v) is 13.4. The zero-order valence-electron chi connectivity index (χ0n) is 21.9. The second kappa shape index (κ2) is 10.1. The van der Waals surface area contributed by atoms with Crippen LogP contribution in [0.1, 0.15) is 68.1 Å². The van der Waals surface area contributed by atoms with Gasteiger partial charge in [-0.2, -0.15) is 0 Å². The summed E-state index contributed by atoms with van der Waals surface area (Å²) in [5.41, 5.74) is 10.3. The Morgan fingerprint density at radius 1 is 1.05 bits per heavy atom. The lowest BCUT2D eigenvalue weighted by Crippen LogP contribution is -2.36. The molecule has 1 aromatic heterocycles. The molecule has 4 aromatic rings. The molecule has 0 aliphatic carbocycles. The van der Waals surface area contributed by atoms with E-state index in [0.717, 1.165) is 69.1 Å². The van der Waals surface area contributed by atoms with Crippen LogP contribution < -0.4 is 0 Å². The molecular weight excluding hydrogens is 476 g/mol. The Morgan fingerprint density at radius 3 is 2.79 bits per heavy atom. The number of aromatic nitrogens is 3. The van der Waals surface area contributed by atoms with Crippen LogP contribution in [0.15, 0.2) is 48.5 Å². The first kappa shape index (κ1) is 24.5. The Kier molecular flexibility index (Phi) is 6.54. The van der Waals surface area contributed by atoms with Crippen molar-refractivity contribution in [2.24, 2.45) is 0 Å². The molecule has 0 radical (unpaired) electrons. The van der Waals surface area contributed by atoms with Gasteiger partial charge in [-0.1, -0.05) is 41.6 Å². The molecule has 5 aliphatic heterocycles. The van der Waals surface area contributed by atoms with Crippen molar-refractivity contribution < 1.29 is 14.3 Å². The Hall–Kier alpha value is -3.84. The van der Waals surface area contributed by atoms with Gasteiger partial charge in [-0.15, -0.1) is 5.10 Å². The number of nitrogens with zero attached hydrogens (tertiary/aromatic N) is 4. The van der Waals surface area contributed by atoms with Crippen molar-refractivity contribution in [1.29, 1.82) is 0 Å². The number of ether oxygens (including phenoxy) is 1. The summed E-state index contributed by atoms with van der Waals surface area (Å²) in [6, 6.07) is 16.7. The van der Waals surface area contributed by atoms with Crippen LogP contribution >= 0.6 is 0 Å². The minimum atomic E-state index is -0.0873. The molecule has 0 saturated carbocycles. The van der Waals surface area contributed by atoms with E-state index in [1.54, 1.807) is 0 Å². The van der Waals surface area contributed by atoms with Crippen molar-refractivity contribution in [3.63, 3.8) is 0 Å². The summed E-state index contributed by atoms with van der Waals surface area (Å²) in [5.74, 6) is -0.0271. The van der Waals surface area contributed by atoms with E-state index in [2.05, 4.69) is 53.6 Å². The van der Waals surface area contributed by atoms with E-state index in [-0.39, 0.29) is 11.8 Å². The fourth-order valence-electron chi connectivity index (χ4n) is 5.96. The minimum absolute atomic E-state index is 0.0602. The molecule has 0 spiro atoms. The van der Waals surface area contributed by atoms with Crippen molar-refractivity contribution in [3.05, 3.63) is 93.0 Å². The van der Waals surface area contributed by atoms with E-state index in [1.807, 2.05) is 28.6 Å². The van der Waals surface area contributed by atoms with Crippen molar-refractivity contribution in [2.75, 3.05) is 13.2 Å². The maximum atomic E-state index is 13.5. The van der Waals surface area contributed by atoms with Crippen LogP contribution in [0.3, 0.4) is 0 Å². The van der Waals surface area contributed by atoms with Gasteiger partial charge < -0.3 is 14.4 Å². The van der Waals surface area contributed by atoms with Crippen LogP contribution in [0.5, 0.6) is 0 Å². The molecule has 194 valence electrons. The van der Waals surface area contributed by atoms with Gasteiger partial charge in [-0.25, -0.2) is 4.68 Å². The zero-order valence-corrected chi connectivity index (χ0v) is 21.9. The number of rotatable bonds is 2. The number of carbonyl (C=O) groups excluding carboxylic acids is 2. The number of aldehydes is 1. The van der Waals surface area contributed by atoms with Gasteiger partial charge in [0.2, 0.25) is 0 Å². The molecule has 7 heteroatoms. The average Bonchev–Trinajstić information content (AvgIpc) is 3.34. The Balaban J connectivity index is 1.44. The van der Waals surface area contributed by atoms with Crippen molar-refractivity contribution in [1.82, 2.24) is 19.9 Å². The van der Waals surface area contributed by atoms with Gasteiger partial charge in [0.25, 0.3) is 5.91 Å². The van der Waals surface area contributed by atoms with E-state index >= 15 is 0 Å². The predicted octanol–water partition coefficient (Wildman–Crippen LogP) is 4.89. The minimum Gasteiger partial charge on any atom is -0.377 e. The molecule has 38 heavy (non-hydrogen) atoms. The quantitative estimate of drug-likeness (QED) is 0.361. The second-order valence-electron chi connectivity index (χ2n) is 10.5. The molecule has 3 aromatic carbocycles. The van der Waals surface area contributed by atoms with Crippen LogP contribution in [0.25, 0.3) is 11.0 Å². The molecular formula is C31H32N4O3. The SMILES string of the molecule is Cc1cc2ccc1C(=O)N1CCc3ccc(cc3C1)C(CC=O)c1ccc3c(nnn3CCCOC2)c1C. The van der Waals surface area contributed by atoms with Gasteiger partial charge in [0.15, 0.2) is 0 Å². The predicted molar refractivity (Wildman–Crippen MR) is 145 cm³/mol. The Morgan fingerprint density at radius 2 is 1.95 bits per heavy atom. The summed E-state index contributed by atoms with van der Waals surface area (Å²) in [7, 11) is 0. The summed E-state index contributed by atoms with van der Waals surface area (Å²) in [6.07, 6.45) is 3.00. The number of amides is 1. The van der Waals surface area contributed by atoms with Gasteiger partial charge in [0, 0.05) is 44.1 Å². The highest BCUT2D eigenvalue weighted by Crippen LogP contribution is 2.35. The summed E-state index contributed by atoms with van der Waals surface area (Å²) in [6.45, 7) is 7.14. The smallest absolute Gasteiger partial charge is 0.254 e. The molecule has 0 N–H and O–H groups in total. The molecule has 9 rings (SSSR count). The highest BCUT2D eigenvalue weighted by molar-refractivity contribution is 5.95. The average molecular weight is 509 g/mol. The number of benzene rings is 3. The first-order chi connectivity index (χ1) is 18.5. The molecule has 0 saturated heterocycles. The van der Waals surface area contributed by atoms with Crippen molar-refractivity contribution in [2.45, 2.75) is 58.7 Å². The van der Waals surface area contributed by atoms with E-state index in [4.69, 9.17) is 4.74 Å². The number of hydrogen-bond acceptors (Lipinski definition) is 5. The van der Waals surface area contributed by atoms with Gasteiger partial charge in [0.05, 0.1) is 12.1 Å². The zero-order chi connectivity index (χ0) is 26.2. The highest BCUT2D eigenvalue weighted by atomic mass is 16.5. The van der Waals surface area contributed by atoms with Gasteiger partial charge in [0.1, 0.15) is 11.8 Å². The maximum absolute atomic E-state index is 13.5. The molecule has 1 atom stereocenters. The van der Waals surface area contributed by atoms with E-state index in [1.165, 1.54) is 5.56 Å². The molecule has 9 bridgehead atoms. The van der Waals surface area contributed by atoms with Gasteiger partial charge in [-0.05, 0) is 77.8 Å². The topological polar surface area (TPSA) is 77.3 Å². The van der Waals surface area contributed by atoms with Crippen LogP contribution in [0.2, 0.25) is 0 Å². The van der Waals surface area contributed by atoms with Crippen LogP contribution in [0.4, 0.5) is 0 Å². The first-order valence-electron chi connectivity index (χ1n) is 13.4. The van der Waals surface area contributed by atoms with Crippen molar-refractivity contribution in [3.8, 4) is 0 Å². The number of carbonyl (C=O) groups is 2. The van der Waals surface area contributed by atoms with E-state index in [9.17, 15) is 9.59 Å². The highest BCUT2D eigenvalue weighted by Gasteiger charge is 2.25. The fourth-order valence-corrected chi connectivity index (χ4v) is 5.96. The lowest BCUT2D eigenvalue weighted by Gasteiger charge is -2.30. The van der Waals surface area contributed by atoms with E-state index in [0.29, 0.717) is 39.3 Å². The van der Waals surface area contributed by atoms with E-state index < -0.39 is 0 Å². The molecule has 1 amide bonds. The Bertz CT molecular complexity index is 1540. The third-order valence-corrected chi connectivity index (χ3v) is 8.07. The third kappa shape index (κ3) is 4.41. The van der Waals surface area contributed by atoms with Crippen LogP contribution in [-0.4, -0.2) is 45.2 Å². The second-order valence-corrected chi connectivity index (χ2v) is 10.5. The number of aryl methyl sites for hydroxylation is 3. The fraction of sp³-hybridized carbons (Fsp3) is 0.355. The molecule has 1 unspecified atom stereocenters. The summed E-state index contributed by atoms with van der Waals surface area (Å²) in [5, 5.41) is 8.93. The molecule has 6 heterocycles. The molecule has 5 aliphatic rings. The standard InChI is InChI=1S/C31H32N4O3/c1-20-16-22-4-7-26(20)31(37)34-13-10-23-5-6-24(17-25(23)18-34)28(11-14-36)27-8-9-29-30(21(27)2)32-33-35(29)12-3-15-38-19-22/h4-9,14,16-17,28H,3,10-13,15,18-19H2,1-2H3. The normalized spacial score (nSPS) is 17.9. The molecule has 7 nitrogen and oxygen atoms in total.